The number of hydrogen-bond acceptors (Lipinski definition) is 6. The Morgan fingerprint density at radius 1 is 0.971 bits per heavy atom. The van der Waals surface area contributed by atoms with Crippen molar-refractivity contribution in [3.8, 4) is 16.9 Å². The summed E-state index contributed by atoms with van der Waals surface area (Å²) in [6.45, 7) is 9.46. The van der Waals surface area contributed by atoms with Crippen molar-refractivity contribution in [3.05, 3.63) is 65.3 Å². The summed E-state index contributed by atoms with van der Waals surface area (Å²) < 4.78 is 18.6. The van der Waals surface area contributed by atoms with E-state index in [-0.39, 0.29) is 0 Å². The van der Waals surface area contributed by atoms with Crippen molar-refractivity contribution in [1.29, 1.82) is 0 Å². The van der Waals surface area contributed by atoms with Crippen molar-refractivity contribution < 1.29 is 14.0 Å². The lowest BCUT2D eigenvalue weighted by molar-refractivity contribution is 0.0364. The lowest BCUT2D eigenvalue weighted by Gasteiger charge is -2.27. The fourth-order valence-electron chi connectivity index (χ4n) is 4.79. The van der Waals surface area contributed by atoms with Gasteiger partial charge in [-0.25, -0.2) is 4.98 Å². The van der Waals surface area contributed by atoms with E-state index < -0.39 is 0 Å². The Kier molecular flexibility index (Phi) is 6.65. The van der Waals surface area contributed by atoms with Gasteiger partial charge in [0, 0.05) is 38.2 Å². The first-order valence-electron chi connectivity index (χ1n) is 12.0. The molecular formula is C27H32N4O3. The highest BCUT2D eigenvalue weighted by Gasteiger charge is 2.17. The Balaban J connectivity index is 1.44. The number of nitrogens with zero attached hydrogens (tertiary/aromatic N) is 4. The SMILES string of the molecule is COc1ccc(CCc2nc3cc(-c4c(C)noc4C)ccc3n2CCN2CCOCC2)cc1. The van der Waals surface area contributed by atoms with E-state index in [1.807, 2.05) is 26.0 Å². The maximum atomic E-state index is 5.52. The number of rotatable bonds is 8. The Bertz CT molecular complexity index is 1230. The summed E-state index contributed by atoms with van der Waals surface area (Å²) in [4.78, 5) is 7.57. The zero-order chi connectivity index (χ0) is 23.5. The highest BCUT2D eigenvalue weighted by Crippen LogP contribution is 2.30. The van der Waals surface area contributed by atoms with Gasteiger partial charge in [-0.3, -0.25) is 4.90 Å². The molecule has 7 heteroatoms. The number of fused-ring (bicyclic) bond motifs is 1. The van der Waals surface area contributed by atoms with Crippen LogP contribution in [0.4, 0.5) is 0 Å². The molecule has 7 nitrogen and oxygen atoms in total. The summed E-state index contributed by atoms with van der Waals surface area (Å²) >= 11 is 0. The summed E-state index contributed by atoms with van der Waals surface area (Å²) in [6.07, 6.45) is 1.81. The molecule has 178 valence electrons. The zero-order valence-electron chi connectivity index (χ0n) is 20.2. The first-order chi connectivity index (χ1) is 16.6. The van der Waals surface area contributed by atoms with Crippen LogP contribution in [0.25, 0.3) is 22.2 Å². The predicted octanol–water partition coefficient (Wildman–Crippen LogP) is 4.43. The molecule has 0 radical (unpaired) electrons. The van der Waals surface area contributed by atoms with Gasteiger partial charge in [-0.2, -0.15) is 0 Å². The van der Waals surface area contributed by atoms with Gasteiger partial charge < -0.3 is 18.6 Å². The van der Waals surface area contributed by atoms with Gasteiger partial charge in [0.1, 0.15) is 17.3 Å². The largest absolute Gasteiger partial charge is 0.497 e. The minimum atomic E-state index is 0.815. The second kappa shape index (κ2) is 9.99. The van der Waals surface area contributed by atoms with Crippen LogP contribution >= 0.6 is 0 Å². The van der Waals surface area contributed by atoms with Crippen molar-refractivity contribution in [2.45, 2.75) is 33.2 Å². The molecule has 0 amide bonds. The van der Waals surface area contributed by atoms with Crippen molar-refractivity contribution in [3.63, 3.8) is 0 Å². The van der Waals surface area contributed by atoms with Gasteiger partial charge >= 0.3 is 0 Å². The molecule has 1 saturated heterocycles. The lowest BCUT2D eigenvalue weighted by atomic mass is 10.0. The molecule has 0 saturated carbocycles. The molecule has 0 atom stereocenters. The third-order valence-corrected chi connectivity index (χ3v) is 6.69. The standard InChI is InChI=1S/C27H32N4O3/c1-19-27(20(2)34-29-19)22-7-10-25-24(18-22)28-26(11-6-21-4-8-23(32-3)9-5-21)31(25)13-12-30-14-16-33-17-15-30/h4-5,7-10,18H,6,11-17H2,1-3H3. The highest BCUT2D eigenvalue weighted by atomic mass is 16.5. The smallest absolute Gasteiger partial charge is 0.141 e. The van der Waals surface area contributed by atoms with Gasteiger partial charge in [0.25, 0.3) is 0 Å². The lowest BCUT2D eigenvalue weighted by Crippen LogP contribution is -2.38. The normalized spacial score (nSPS) is 14.7. The average molecular weight is 461 g/mol. The molecule has 0 unspecified atom stereocenters. The molecule has 1 fully saturated rings. The highest BCUT2D eigenvalue weighted by molar-refractivity contribution is 5.83. The van der Waals surface area contributed by atoms with E-state index in [1.165, 1.54) is 11.1 Å². The van der Waals surface area contributed by atoms with E-state index in [1.54, 1.807) is 7.11 Å². The van der Waals surface area contributed by atoms with Gasteiger partial charge in [0.2, 0.25) is 0 Å². The van der Waals surface area contributed by atoms with Crippen LogP contribution in [0.2, 0.25) is 0 Å². The second-order valence-corrected chi connectivity index (χ2v) is 8.88. The third-order valence-electron chi connectivity index (χ3n) is 6.69. The molecule has 0 spiro atoms. The van der Waals surface area contributed by atoms with E-state index in [0.717, 1.165) is 91.9 Å². The van der Waals surface area contributed by atoms with Gasteiger partial charge in [-0.15, -0.1) is 0 Å². The van der Waals surface area contributed by atoms with Crippen LogP contribution in [-0.2, 0) is 24.1 Å². The Morgan fingerprint density at radius 2 is 1.76 bits per heavy atom. The average Bonchev–Trinajstić information content (AvgIpc) is 3.40. The molecule has 2 aromatic carbocycles. The molecule has 1 aliphatic heterocycles. The summed E-state index contributed by atoms with van der Waals surface area (Å²) in [6, 6.07) is 14.8. The fraction of sp³-hybridized carbons (Fsp3) is 0.407. The van der Waals surface area contributed by atoms with E-state index >= 15 is 0 Å². The van der Waals surface area contributed by atoms with Crippen LogP contribution in [0, 0.1) is 13.8 Å². The van der Waals surface area contributed by atoms with Crippen molar-refractivity contribution >= 4 is 11.0 Å². The molecule has 5 rings (SSSR count). The van der Waals surface area contributed by atoms with Gasteiger partial charge in [-0.1, -0.05) is 23.4 Å². The molecule has 1 aliphatic rings. The number of hydrogen-bond donors (Lipinski definition) is 0. The van der Waals surface area contributed by atoms with Crippen LogP contribution in [-0.4, -0.2) is 59.6 Å². The summed E-state index contributed by atoms with van der Waals surface area (Å²) in [7, 11) is 1.70. The summed E-state index contributed by atoms with van der Waals surface area (Å²) in [5, 5.41) is 4.13. The first-order valence-corrected chi connectivity index (χ1v) is 12.0. The quantitative estimate of drug-likeness (QED) is 0.388. The van der Waals surface area contributed by atoms with Crippen LogP contribution in [0.1, 0.15) is 22.8 Å². The molecular weight excluding hydrogens is 428 g/mol. The Hall–Kier alpha value is -3.16. The van der Waals surface area contributed by atoms with Crippen LogP contribution < -0.4 is 4.74 Å². The Labute approximate surface area is 200 Å². The number of morpholine rings is 1. The van der Waals surface area contributed by atoms with Gasteiger partial charge in [-0.05, 0) is 55.7 Å². The fourth-order valence-corrected chi connectivity index (χ4v) is 4.79. The molecule has 3 heterocycles. The minimum Gasteiger partial charge on any atom is -0.497 e. The van der Waals surface area contributed by atoms with Crippen LogP contribution in [0.3, 0.4) is 0 Å². The van der Waals surface area contributed by atoms with Crippen molar-refractivity contribution in [2.24, 2.45) is 0 Å². The van der Waals surface area contributed by atoms with E-state index in [0.29, 0.717) is 0 Å². The minimum absolute atomic E-state index is 0.815. The number of aromatic nitrogens is 3. The number of aryl methyl sites for hydroxylation is 4. The Morgan fingerprint density at radius 3 is 2.47 bits per heavy atom. The number of methoxy groups -OCH3 is 1. The monoisotopic (exact) mass is 460 g/mol. The predicted molar refractivity (Wildman–Crippen MR) is 132 cm³/mol. The number of ether oxygens (including phenoxy) is 2. The van der Waals surface area contributed by atoms with E-state index in [4.69, 9.17) is 19.0 Å². The van der Waals surface area contributed by atoms with Crippen LogP contribution in [0.5, 0.6) is 5.75 Å². The van der Waals surface area contributed by atoms with E-state index in [2.05, 4.69) is 45.0 Å². The third kappa shape index (κ3) is 4.72. The van der Waals surface area contributed by atoms with E-state index in [9.17, 15) is 0 Å². The number of benzene rings is 2. The summed E-state index contributed by atoms with van der Waals surface area (Å²) in [5.74, 6) is 2.84. The van der Waals surface area contributed by atoms with Gasteiger partial charge in [0.15, 0.2) is 0 Å². The second-order valence-electron chi connectivity index (χ2n) is 8.88. The molecule has 0 bridgehead atoms. The van der Waals surface area contributed by atoms with Crippen molar-refractivity contribution in [1.82, 2.24) is 19.6 Å². The van der Waals surface area contributed by atoms with Gasteiger partial charge in [0.05, 0.1) is 37.1 Å². The topological polar surface area (TPSA) is 65.6 Å². The molecule has 34 heavy (non-hydrogen) atoms. The van der Waals surface area contributed by atoms with Crippen LogP contribution in [0.15, 0.2) is 47.0 Å². The first kappa shape index (κ1) is 22.6. The molecule has 2 aromatic heterocycles. The van der Waals surface area contributed by atoms with Crippen molar-refractivity contribution in [2.75, 3.05) is 40.0 Å². The molecule has 0 aliphatic carbocycles. The molecule has 4 aromatic rings. The number of imidazole rings is 1. The summed E-state index contributed by atoms with van der Waals surface area (Å²) in [5.41, 5.74) is 6.54. The maximum absolute atomic E-state index is 5.52. The zero-order valence-corrected chi connectivity index (χ0v) is 20.2. The maximum Gasteiger partial charge on any atom is 0.141 e. The molecule has 0 N–H and O–H groups in total.